The van der Waals surface area contributed by atoms with Crippen LogP contribution in [0.3, 0.4) is 0 Å². The van der Waals surface area contributed by atoms with Gasteiger partial charge in [0, 0.05) is 24.8 Å². The Morgan fingerprint density at radius 3 is 3.00 bits per heavy atom. The third-order valence-corrected chi connectivity index (χ3v) is 4.04. The van der Waals surface area contributed by atoms with Crippen molar-refractivity contribution in [3.05, 3.63) is 0 Å². The number of nitrogens with one attached hydrogen (secondary N) is 1. The molecule has 0 spiro atoms. The molecule has 1 amide bonds. The van der Waals surface area contributed by atoms with Crippen LogP contribution in [0.15, 0.2) is 0 Å². The second-order valence-corrected chi connectivity index (χ2v) is 5.36. The molecular weight excluding hydrogens is 210 g/mol. The van der Waals surface area contributed by atoms with Gasteiger partial charge in [0.2, 0.25) is 5.91 Å². The summed E-state index contributed by atoms with van der Waals surface area (Å²) >= 11 is 1.97. The second-order valence-electron chi connectivity index (χ2n) is 3.84. The molecule has 4 heteroatoms. The average molecular weight is 231 g/mol. The first-order valence-corrected chi connectivity index (χ1v) is 6.72. The quantitative estimate of drug-likeness (QED) is 0.757. The Morgan fingerprint density at radius 2 is 2.33 bits per heavy atom. The van der Waals surface area contributed by atoms with Crippen molar-refractivity contribution in [2.45, 2.75) is 43.9 Å². The fourth-order valence-corrected chi connectivity index (χ4v) is 3.18. The number of hydrogen-bond donors (Lipinski definition) is 1. The van der Waals surface area contributed by atoms with Crippen molar-refractivity contribution >= 4 is 17.7 Å². The van der Waals surface area contributed by atoms with Crippen LogP contribution in [-0.2, 0) is 9.53 Å². The van der Waals surface area contributed by atoms with E-state index in [0.29, 0.717) is 24.3 Å². The molecule has 1 saturated carbocycles. The van der Waals surface area contributed by atoms with Crippen LogP contribution in [0, 0.1) is 0 Å². The Morgan fingerprint density at radius 1 is 1.53 bits per heavy atom. The van der Waals surface area contributed by atoms with Gasteiger partial charge in [0.25, 0.3) is 0 Å². The minimum Gasteiger partial charge on any atom is -0.384 e. The summed E-state index contributed by atoms with van der Waals surface area (Å²) in [5, 5.41) is 3.74. The van der Waals surface area contributed by atoms with Gasteiger partial charge in [-0.1, -0.05) is 13.3 Å². The molecule has 0 unspecified atom stereocenters. The first-order valence-electron chi connectivity index (χ1n) is 5.67. The van der Waals surface area contributed by atoms with Crippen LogP contribution in [0.1, 0.15) is 32.6 Å². The summed E-state index contributed by atoms with van der Waals surface area (Å²) in [5.41, 5.74) is 0. The van der Waals surface area contributed by atoms with Crippen molar-refractivity contribution in [2.24, 2.45) is 0 Å². The normalized spacial score (nSPS) is 25.5. The summed E-state index contributed by atoms with van der Waals surface area (Å²) in [4.78, 5) is 11.5. The van der Waals surface area contributed by atoms with Gasteiger partial charge in [-0.3, -0.25) is 4.79 Å². The van der Waals surface area contributed by atoms with Crippen LogP contribution in [0.5, 0.6) is 0 Å². The molecule has 0 aromatic heterocycles. The SMILES string of the molecule is CCS[C@@H]1CCC[C@H]1NC(=O)CCOC. The number of rotatable bonds is 6. The molecule has 0 aliphatic heterocycles. The number of carbonyl (C=O) groups is 1. The fourth-order valence-electron chi connectivity index (χ4n) is 1.98. The van der Waals surface area contributed by atoms with Gasteiger partial charge in [-0.15, -0.1) is 0 Å². The lowest BCUT2D eigenvalue weighted by atomic mass is 10.2. The molecule has 0 aromatic rings. The maximum atomic E-state index is 11.5. The van der Waals surface area contributed by atoms with E-state index in [2.05, 4.69) is 12.2 Å². The number of thioether (sulfide) groups is 1. The van der Waals surface area contributed by atoms with Crippen LogP contribution in [-0.4, -0.2) is 36.7 Å². The number of methoxy groups -OCH3 is 1. The molecule has 3 nitrogen and oxygen atoms in total. The van der Waals surface area contributed by atoms with Crippen LogP contribution >= 0.6 is 11.8 Å². The monoisotopic (exact) mass is 231 g/mol. The largest absolute Gasteiger partial charge is 0.384 e. The summed E-state index contributed by atoms with van der Waals surface area (Å²) in [5.74, 6) is 1.26. The van der Waals surface area contributed by atoms with Gasteiger partial charge in [0.15, 0.2) is 0 Å². The maximum Gasteiger partial charge on any atom is 0.222 e. The van der Waals surface area contributed by atoms with Gasteiger partial charge in [-0.2, -0.15) is 11.8 Å². The highest BCUT2D eigenvalue weighted by Gasteiger charge is 2.27. The van der Waals surface area contributed by atoms with E-state index in [1.165, 1.54) is 12.8 Å². The van der Waals surface area contributed by atoms with Crippen molar-refractivity contribution in [1.29, 1.82) is 0 Å². The van der Waals surface area contributed by atoms with Gasteiger partial charge < -0.3 is 10.1 Å². The fraction of sp³-hybridized carbons (Fsp3) is 0.909. The van der Waals surface area contributed by atoms with Crippen LogP contribution in [0.25, 0.3) is 0 Å². The Labute approximate surface area is 96.3 Å². The third-order valence-electron chi connectivity index (χ3n) is 2.71. The minimum absolute atomic E-state index is 0.130. The van der Waals surface area contributed by atoms with Crippen molar-refractivity contribution < 1.29 is 9.53 Å². The van der Waals surface area contributed by atoms with Crippen molar-refractivity contribution in [1.82, 2.24) is 5.32 Å². The summed E-state index contributed by atoms with van der Waals surface area (Å²) in [6, 6.07) is 0.388. The Balaban J connectivity index is 2.26. The molecule has 1 rings (SSSR count). The van der Waals surface area contributed by atoms with Gasteiger partial charge >= 0.3 is 0 Å². The molecule has 1 aliphatic carbocycles. The van der Waals surface area contributed by atoms with Crippen LogP contribution in [0.4, 0.5) is 0 Å². The van der Waals surface area contributed by atoms with E-state index in [1.807, 2.05) is 11.8 Å². The zero-order chi connectivity index (χ0) is 11.1. The van der Waals surface area contributed by atoms with E-state index in [9.17, 15) is 4.79 Å². The molecule has 1 fully saturated rings. The molecule has 88 valence electrons. The number of amides is 1. The van der Waals surface area contributed by atoms with Crippen molar-refractivity contribution in [3.8, 4) is 0 Å². The zero-order valence-electron chi connectivity index (χ0n) is 9.62. The molecule has 0 radical (unpaired) electrons. The smallest absolute Gasteiger partial charge is 0.222 e. The van der Waals surface area contributed by atoms with Crippen molar-refractivity contribution in [2.75, 3.05) is 19.5 Å². The lowest BCUT2D eigenvalue weighted by Gasteiger charge is -2.19. The van der Waals surface area contributed by atoms with Gasteiger partial charge in [-0.05, 0) is 18.6 Å². The Hall–Kier alpha value is -0.220. The van der Waals surface area contributed by atoms with Crippen molar-refractivity contribution in [3.63, 3.8) is 0 Å². The lowest BCUT2D eigenvalue weighted by molar-refractivity contribution is -0.122. The minimum atomic E-state index is 0.130. The van der Waals surface area contributed by atoms with E-state index in [1.54, 1.807) is 7.11 Å². The van der Waals surface area contributed by atoms with E-state index in [-0.39, 0.29) is 5.91 Å². The summed E-state index contributed by atoms with van der Waals surface area (Å²) in [6.07, 6.45) is 4.10. The molecular formula is C11H21NO2S. The Kier molecular flexibility index (Phi) is 6.10. The first-order chi connectivity index (χ1) is 7.27. The molecule has 1 aliphatic rings. The number of ether oxygens (including phenoxy) is 1. The number of carbonyl (C=O) groups excluding carboxylic acids is 1. The van der Waals surface area contributed by atoms with Crippen LogP contribution in [0.2, 0.25) is 0 Å². The van der Waals surface area contributed by atoms with Gasteiger partial charge in [0.1, 0.15) is 0 Å². The summed E-state index contributed by atoms with van der Waals surface area (Å²) < 4.78 is 4.89. The molecule has 0 heterocycles. The zero-order valence-corrected chi connectivity index (χ0v) is 10.4. The number of hydrogen-bond acceptors (Lipinski definition) is 3. The van der Waals surface area contributed by atoms with Gasteiger partial charge in [0.05, 0.1) is 6.61 Å². The average Bonchev–Trinajstić information content (AvgIpc) is 2.63. The second kappa shape index (κ2) is 7.12. The maximum absolute atomic E-state index is 11.5. The lowest BCUT2D eigenvalue weighted by Crippen LogP contribution is -2.39. The molecule has 0 saturated heterocycles. The molecule has 2 atom stereocenters. The molecule has 15 heavy (non-hydrogen) atoms. The predicted molar refractivity (Wildman–Crippen MR) is 64.2 cm³/mol. The van der Waals surface area contributed by atoms with Gasteiger partial charge in [-0.25, -0.2) is 0 Å². The highest BCUT2D eigenvalue weighted by molar-refractivity contribution is 7.99. The first kappa shape index (κ1) is 12.8. The van der Waals surface area contributed by atoms with E-state index < -0.39 is 0 Å². The summed E-state index contributed by atoms with van der Waals surface area (Å²) in [7, 11) is 1.62. The summed E-state index contributed by atoms with van der Waals surface area (Å²) in [6.45, 7) is 2.69. The molecule has 1 N–H and O–H groups in total. The van der Waals surface area contributed by atoms with Crippen LogP contribution < -0.4 is 5.32 Å². The highest BCUT2D eigenvalue weighted by Crippen LogP contribution is 2.29. The predicted octanol–water partition coefficient (Wildman–Crippen LogP) is 1.81. The highest BCUT2D eigenvalue weighted by atomic mass is 32.2. The van der Waals surface area contributed by atoms with E-state index in [4.69, 9.17) is 4.74 Å². The van der Waals surface area contributed by atoms with E-state index >= 15 is 0 Å². The topological polar surface area (TPSA) is 38.3 Å². The molecule has 0 bridgehead atoms. The standard InChI is InChI=1S/C11H21NO2S/c1-3-15-10-6-4-5-9(10)12-11(13)7-8-14-2/h9-10H,3-8H2,1-2H3,(H,12,13)/t9-,10-/m1/s1. The third kappa shape index (κ3) is 4.43. The van der Waals surface area contributed by atoms with E-state index in [0.717, 1.165) is 12.2 Å². The Bertz CT molecular complexity index is 199. The molecule has 0 aromatic carbocycles.